The van der Waals surface area contributed by atoms with Crippen molar-refractivity contribution in [1.82, 2.24) is 5.32 Å². The molecule has 0 radical (unpaired) electrons. The molecule has 0 spiro atoms. The van der Waals surface area contributed by atoms with Crippen LogP contribution in [0.15, 0.2) is 24.3 Å². The van der Waals surface area contributed by atoms with Crippen LogP contribution in [-0.2, 0) is 15.1 Å². The summed E-state index contributed by atoms with van der Waals surface area (Å²) >= 11 is 0. The van der Waals surface area contributed by atoms with Gasteiger partial charge in [0.2, 0.25) is 5.91 Å². The number of methoxy groups -OCH3 is 1. The van der Waals surface area contributed by atoms with Gasteiger partial charge in [0, 0.05) is 7.11 Å². The van der Waals surface area contributed by atoms with E-state index in [1.54, 1.807) is 12.1 Å². The molecule has 0 heterocycles. The normalized spacial score (nSPS) is 17.2. The summed E-state index contributed by atoms with van der Waals surface area (Å²) in [4.78, 5) is 11.8. The second-order valence-electron chi connectivity index (χ2n) is 4.64. The number of ether oxygens (including phenoxy) is 1. The first-order valence-corrected chi connectivity index (χ1v) is 5.90. The fourth-order valence-electron chi connectivity index (χ4n) is 1.96. The molecule has 1 aromatic carbocycles. The quantitative estimate of drug-likeness (QED) is 0.859. The van der Waals surface area contributed by atoms with Gasteiger partial charge in [-0.1, -0.05) is 12.1 Å². The molecular weight excluding hydrogens is 271 g/mol. The van der Waals surface area contributed by atoms with Gasteiger partial charge in [0.15, 0.2) is 0 Å². The van der Waals surface area contributed by atoms with E-state index in [-0.39, 0.29) is 36.3 Å². The first-order valence-electron chi connectivity index (χ1n) is 5.90. The fourth-order valence-corrected chi connectivity index (χ4v) is 1.96. The number of carbonyl (C=O) groups excluding carboxylic acids is 1. The monoisotopic (exact) mass is 288 g/mol. The van der Waals surface area contributed by atoms with Gasteiger partial charge in [-0.2, -0.15) is 0 Å². The lowest BCUT2D eigenvalue weighted by atomic mass is 10.0. The van der Waals surface area contributed by atoms with E-state index in [9.17, 15) is 9.18 Å². The smallest absolute Gasteiger partial charge is 0.239 e. The van der Waals surface area contributed by atoms with E-state index in [0.717, 1.165) is 18.4 Å². The molecule has 2 rings (SSSR count). The van der Waals surface area contributed by atoms with Crippen LogP contribution in [0, 0.1) is 5.82 Å². The van der Waals surface area contributed by atoms with E-state index < -0.39 is 6.04 Å². The van der Waals surface area contributed by atoms with Crippen molar-refractivity contribution >= 4 is 18.3 Å². The lowest BCUT2D eigenvalue weighted by molar-refractivity contribution is -0.124. The molecule has 0 saturated heterocycles. The highest BCUT2D eigenvalue weighted by atomic mass is 35.5. The van der Waals surface area contributed by atoms with Crippen LogP contribution in [-0.4, -0.2) is 25.7 Å². The summed E-state index contributed by atoms with van der Waals surface area (Å²) in [5.41, 5.74) is 6.22. The van der Waals surface area contributed by atoms with Gasteiger partial charge in [0.1, 0.15) is 11.9 Å². The second kappa shape index (κ2) is 6.32. The third-order valence-electron chi connectivity index (χ3n) is 3.19. The van der Waals surface area contributed by atoms with E-state index in [0.29, 0.717) is 0 Å². The summed E-state index contributed by atoms with van der Waals surface area (Å²) in [7, 11) is 1.50. The molecule has 0 aromatic heterocycles. The molecule has 19 heavy (non-hydrogen) atoms. The predicted molar refractivity (Wildman–Crippen MR) is 72.6 cm³/mol. The minimum Gasteiger partial charge on any atom is -0.383 e. The Hall–Kier alpha value is -1.17. The summed E-state index contributed by atoms with van der Waals surface area (Å²) in [5.74, 6) is -0.518. The highest BCUT2D eigenvalue weighted by molar-refractivity contribution is 5.85. The molecule has 1 aromatic rings. The molecule has 1 unspecified atom stereocenters. The average molecular weight is 289 g/mol. The SMILES string of the molecule is COCC(N)C(=O)NC1(c2ccc(F)cc2)CC1.Cl. The number of hydrogen-bond donors (Lipinski definition) is 2. The Labute approximate surface area is 117 Å². The first-order chi connectivity index (χ1) is 8.57. The maximum absolute atomic E-state index is 12.9. The molecular formula is C13H18ClFN2O2. The lowest BCUT2D eigenvalue weighted by Crippen LogP contribution is -2.47. The van der Waals surface area contributed by atoms with E-state index in [4.69, 9.17) is 10.5 Å². The van der Waals surface area contributed by atoms with Crippen LogP contribution in [0.3, 0.4) is 0 Å². The number of amides is 1. The van der Waals surface area contributed by atoms with Crippen LogP contribution < -0.4 is 11.1 Å². The summed E-state index contributed by atoms with van der Waals surface area (Å²) in [6.07, 6.45) is 1.70. The molecule has 1 aliphatic carbocycles. The first kappa shape index (κ1) is 15.9. The van der Waals surface area contributed by atoms with Gasteiger partial charge >= 0.3 is 0 Å². The van der Waals surface area contributed by atoms with Gasteiger partial charge in [-0.25, -0.2) is 4.39 Å². The fraction of sp³-hybridized carbons (Fsp3) is 0.462. The van der Waals surface area contributed by atoms with Crippen molar-refractivity contribution in [3.8, 4) is 0 Å². The Kier molecular flexibility index (Phi) is 5.29. The Bertz CT molecular complexity index is 435. The van der Waals surface area contributed by atoms with Crippen molar-refractivity contribution in [2.24, 2.45) is 5.73 Å². The standard InChI is InChI=1S/C13H17FN2O2.ClH/c1-18-8-11(15)12(17)16-13(6-7-13)9-2-4-10(14)5-3-9;/h2-5,11H,6-8,15H2,1H3,(H,16,17);1H. The molecule has 1 saturated carbocycles. The van der Waals surface area contributed by atoms with Crippen molar-refractivity contribution in [1.29, 1.82) is 0 Å². The molecule has 1 fully saturated rings. The maximum Gasteiger partial charge on any atom is 0.239 e. The Morgan fingerprint density at radius 1 is 1.47 bits per heavy atom. The molecule has 1 amide bonds. The van der Waals surface area contributed by atoms with Crippen LogP contribution in [0.5, 0.6) is 0 Å². The zero-order valence-electron chi connectivity index (χ0n) is 10.7. The van der Waals surface area contributed by atoms with Gasteiger partial charge in [-0.05, 0) is 30.5 Å². The minimum absolute atomic E-state index is 0. The van der Waals surface area contributed by atoms with Crippen LogP contribution in [0.4, 0.5) is 4.39 Å². The van der Waals surface area contributed by atoms with Crippen LogP contribution in [0.2, 0.25) is 0 Å². The molecule has 0 bridgehead atoms. The third-order valence-corrected chi connectivity index (χ3v) is 3.19. The van der Waals surface area contributed by atoms with Gasteiger partial charge in [0.25, 0.3) is 0 Å². The van der Waals surface area contributed by atoms with Gasteiger partial charge in [-0.15, -0.1) is 12.4 Å². The third kappa shape index (κ3) is 3.65. The number of halogens is 2. The largest absolute Gasteiger partial charge is 0.383 e. The number of hydrogen-bond acceptors (Lipinski definition) is 3. The summed E-state index contributed by atoms with van der Waals surface area (Å²) < 4.78 is 17.7. The maximum atomic E-state index is 12.9. The molecule has 106 valence electrons. The molecule has 0 aliphatic heterocycles. The molecule has 4 nitrogen and oxygen atoms in total. The number of carbonyl (C=O) groups is 1. The van der Waals surface area contributed by atoms with Gasteiger partial charge in [-0.3, -0.25) is 4.79 Å². The van der Waals surface area contributed by atoms with Crippen LogP contribution >= 0.6 is 12.4 Å². The molecule has 1 aliphatic rings. The van der Waals surface area contributed by atoms with E-state index in [1.807, 2.05) is 0 Å². The summed E-state index contributed by atoms with van der Waals surface area (Å²) in [5, 5.41) is 2.92. The number of nitrogens with one attached hydrogen (secondary N) is 1. The minimum atomic E-state index is -0.673. The Balaban J connectivity index is 0.00000180. The highest BCUT2D eigenvalue weighted by Crippen LogP contribution is 2.45. The van der Waals surface area contributed by atoms with E-state index in [2.05, 4.69) is 5.32 Å². The van der Waals surface area contributed by atoms with Crippen molar-refractivity contribution in [3.05, 3.63) is 35.6 Å². The van der Waals surface area contributed by atoms with Gasteiger partial charge in [0.05, 0.1) is 12.1 Å². The van der Waals surface area contributed by atoms with E-state index in [1.165, 1.54) is 19.2 Å². The zero-order valence-corrected chi connectivity index (χ0v) is 11.5. The van der Waals surface area contributed by atoms with Crippen LogP contribution in [0.1, 0.15) is 18.4 Å². The zero-order chi connectivity index (χ0) is 13.2. The number of nitrogens with two attached hydrogens (primary N) is 1. The van der Waals surface area contributed by atoms with Gasteiger partial charge < -0.3 is 15.8 Å². The molecule has 6 heteroatoms. The number of rotatable bonds is 5. The molecule has 3 N–H and O–H groups in total. The topological polar surface area (TPSA) is 64.3 Å². The molecule has 1 atom stereocenters. The second-order valence-corrected chi connectivity index (χ2v) is 4.64. The van der Waals surface area contributed by atoms with Crippen molar-refractivity contribution in [3.63, 3.8) is 0 Å². The highest BCUT2D eigenvalue weighted by Gasteiger charge is 2.46. The number of benzene rings is 1. The van der Waals surface area contributed by atoms with Crippen molar-refractivity contribution < 1.29 is 13.9 Å². The Morgan fingerprint density at radius 3 is 2.53 bits per heavy atom. The average Bonchev–Trinajstić information content (AvgIpc) is 3.11. The van der Waals surface area contributed by atoms with Crippen molar-refractivity contribution in [2.45, 2.75) is 24.4 Å². The van der Waals surface area contributed by atoms with Crippen LogP contribution in [0.25, 0.3) is 0 Å². The Morgan fingerprint density at radius 2 is 2.05 bits per heavy atom. The summed E-state index contributed by atoms with van der Waals surface area (Å²) in [6.45, 7) is 0.186. The summed E-state index contributed by atoms with van der Waals surface area (Å²) in [6, 6.07) is 5.52. The van der Waals surface area contributed by atoms with E-state index >= 15 is 0 Å². The van der Waals surface area contributed by atoms with Crippen molar-refractivity contribution in [2.75, 3.05) is 13.7 Å². The predicted octanol–water partition coefficient (Wildman–Crippen LogP) is 1.33. The lowest BCUT2D eigenvalue weighted by Gasteiger charge is -2.20.